The summed E-state index contributed by atoms with van der Waals surface area (Å²) in [5.74, 6) is 0.680. The molecule has 0 bridgehead atoms. The molecule has 0 saturated carbocycles. The number of carbonyl (C=O) groups is 2. The number of hydrogen-bond acceptors (Lipinski definition) is 4. The van der Waals surface area contributed by atoms with Crippen molar-refractivity contribution in [3.63, 3.8) is 0 Å². The van der Waals surface area contributed by atoms with Crippen LogP contribution in [-0.2, 0) is 21.4 Å². The molecule has 7 nitrogen and oxygen atoms in total. The van der Waals surface area contributed by atoms with Crippen molar-refractivity contribution in [1.82, 2.24) is 20.0 Å². The predicted octanol–water partition coefficient (Wildman–Crippen LogP) is 1.75. The Morgan fingerprint density at radius 2 is 2.15 bits per heavy atom. The van der Waals surface area contributed by atoms with E-state index >= 15 is 0 Å². The van der Waals surface area contributed by atoms with Gasteiger partial charge in [0.05, 0.1) is 12.3 Å². The molecule has 2 aliphatic heterocycles. The summed E-state index contributed by atoms with van der Waals surface area (Å²) >= 11 is 0. The molecule has 3 rings (SSSR count). The Kier molecular flexibility index (Phi) is 7.04. The molecule has 1 atom stereocenters. The first kappa shape index (κ1) is 19.6. The van der Waals surface area contributed by atoms with Crippen LogP contribution in [0, 0.1) is 5.92 Å². The van der Waals surface area contributed by atoms with Gasteiger partial charge in [-0.1, -0.05) is 0 Å². The summed E-state index contributed by atoms with van der Waals surface area (Å²) in [5.41, 5.74) is 0.926. The van der Waals surface area contributed by atoms with E-state index in [1.165, 1.54) is 0 Å². The summed E-state index contributed by atoms with van der Waals surface area (Å²) in [5, 5.41) is 7.07. The van der Waals surface area contributed by atoms with Gasteiger partial charge in [0, 0.05) is 57.5 Å². The maximum atomic E-state index is 12.3. The minimum atomic E-state index is 0.0478. The molecule has 1 aromatic heterocycles. The lowest BCUT2D eigenvalue weighted by atomic mass is 9.92. The number of hydrogen-bond donors (Lipinski definition) is 1. The first-order valence-corrected chi connectivity index (χ1v) is 9.94. The molecule has 148 valence electrons. The lowest BCUT2D eigenvalue weighted by Crippen LogP contribution is -2.38. The number of ether oxygens (including phenoxy) is 1. The molecule has 2 amide bonds. The van der Waals surface area contributed by atoms with Crippen molar-refractivity contribution in [3.8, 4) is 0 Å². The normalized spacial score (nSPS) is 21.1. The van der Waals surface area contributed by atoms with Crippen LogP contribution >= 0.6 is 0 Å². The van der Waals surface area contributed by atoms with Crippen LogP contribution < -0.4 is 5.32 Å². The van der Waals surface area contributed by atoms with Crippen molar-refractivity contribution < 1.29 is 14.3 Å². The first-order valence-electron chi connectivity index (χ1n) is 9.94. The topological polar surface area (TPSA) is 76.5 Å². The van der Waals surface area contributed by atoms with Gasteiger partial charge >= 0.3 is 0 Å². The van der Waals surface area contributed by atoms with Crippen molar-refractivity contribution in [3.05, 3.63) is 24.0 Å². The zero-order valence-corrected chi connectivity index (χ0v) is 16.1. The fraction of sp³-hybridized carbons (Fsp3) is 0.650. The van der Waals surface area contributed by atoms with Gasteiger partial charge in [0.25, 0.3) is 0 Å². The first-order chi connectivity index (χ1) is 13.1. The molecule has 1 N–H and O–H groups in total. The Labute approximate surface area is 160 Å². The number of amides is 2. The molecule has 3 heterocycles. The van der Waals surface area contributed by atoms with Gasteiger partial charge in [-0.05, 0) is 44.1 Å². The third kappa shape index (κ3) is 6.20. The lowest BCUT2D eigenvalue weighted by Gasteiger charge is -2.31. The van der Waals surface area contributed by atoms with E-state index in [-0.39, 0.29) is 17.9 Å². The molecular weight excluding hydrogens is 344 g/mol. The van der Waals surface area contributed by atoms with Gasteiger partial charge in [-0.2, -0.15) is 5.10 Å². The number of nitrogens with zero attached hydrogens (tertiary/aromatic N) is 3. The van der Waals surface area contributed by atoms with E-state index in [2.05, 4.69) is 10.4 Å². The number of likely N-dealkylation sites (tertiary alicyclic amines) is 1. The Bertz CT molecular complexity index is 656. The minimum absolute atomic E-state index is 0.0478. The maximum Gasteiger partial charge on any atom is 0.246 e. The smallest absolute Gasteiger partial charge is 0.246 e. The maximum absolute atomic E-state index is 12.3. The van der Waals surface area contributed by atoms with Crippen molar-refractivity contribution in [2.45, 2.75) is 44.6 Å². The van der Waals surface area contributed by atoms with E-state index in [1.807, 2.05) is 18.1 Å². The van der Waals surface area contributed by atoms with Crippen molar-refractivity contribution in [2.24, 2.45) is 13.0 Å². The monoisotopic (exact) mass is 374 g/mol. The zero-order chi connectivity index (χ0) is 19.1. The van der Waals surface area contributed by atoms with Crippen LogP contribution in [0.2, 0.25) is 0 Å². The van der Waals surface area contributed by atoms with E-state index < -0.39 is 0 Å². The Morgan fingerprint density at radius 3 is 2.81 bits per heavy atom. The van der Waals surface area contributed by atoms with E-state index in [1.54, 1.807) is 23.0 Å². The van der Waals surface area contributed by atoms with Gasteiger partial charge < -0.3 is 15.0 Å². The van der Waals surface area contributed by atoms with Gasteiger partial charge in [-0.25, -0.2) is 0 Å². The Balaban J connectivity index is 1.31. The molecule has 2 saturated heterocycles. The summed E-state index contributed by atoms with van der Waals surface area (Å²) in [6.07, 6.45) is 12.8. The second-order valence-corrected chi connectivity index (χ2v) is 7.53. The van der Waals surface area contributed by atoms with E-state index in [9.17, 15) is 9.59 Å². The quantitative estimate of drug-likeness (QED) is 0.738. The molecule has 0 spiro atoms. The van der Waals surface area contributed by atoms with Crippen LogP contribution in [0.5, 0.6) is 0 Å². The fourth-order valence-corrected chi connectivity index (χ4v) is 3.70. The number of rotatable bonds is 7. The highest BCUT2D eigenvalue weighted by Crippen LogP contribution is 2.22. The summed E-state index contributed by atoms with van der Waals surface area (Å²) in [6.45, 7) is 2.97. The summed E-state index contributed by atoms with van der Waals surface area (Å²) in [7, 11) is 1.85. The van der Waals surface area contributed by atoms with Gasteiger partial charge in [0.2, 0.25) is 11.8 Å². The largest absolute Gasteiger partial charge is 0.376 e. The third-order valence-electron chi connectivity index (χ3n) is 5.40. The van der Waals surface area contributed by atoms with Gasteiger partial charge in [0.15, 0.2) is 0 Å². The number of carbonyl (C=O) groups excluding carboxylic acids is 2. The second kappa shape index (κ2) is 9.69. The average molecular weight is 374 g/mol. The number of nitrogens with one attached hydrogen (secondary N) is 1. The molecular formula is C20H30N4O3. The van der Waals surface area contributed by atoms with E-state index in [0.717, 1.165) is 57.4 Å². The summed E-state index contributed by atoms with van der Waals surface area (Å²) in [6, 6.07) is 0. The van der Waals surface area contributed by atoms with Crippen LogP contribution in [0.4, 0.5) is 0 Å². The zero-order valence-electron chi connectivity index (χ0n) is 16.1. The molecule has 2 fully saturated rings. The van der Waals surface area contributed by atoms with Crippen LogP contribution in [0.3, 0.4) is 0 Å². The SMILES string of the molecule is Cn1cc(/C=C/C(=O)N2CCC(CCC(=O)NC[C@@H]3CCCO3)CC2)cn1. The molecule has 0 aromatic carbocycles. The molecule has 0 aliphatic carbocycles. The summed E-state index contributed by atoms with van der Waals surface area (Å²) < 4.78 is 7.23. The molecule has 27 heavy (non-hydrogen) atoms. The summed E-state index contributed by atoms with van der Waals surface area (Å²) in [4.78, 5) is 26.2. The molecule has 1 aromatic rings. The average Bonchev–Trinajstić information content (AvgIpc) is 3.34. The second-order valence-electron chi connectivity index (χ2n) is 7.53. The van der Waals surface area contributed by atoms with Crippen molar-refractivity contribution in [2.75, 3.05) is 26.2 Å². The lowest BCUT2D eigenvalue weighted by molar-refractivity contribution is -0.127. The van der Waals surface area contributed by atoms with E-state index in [4.69, 9.17) is 4.74 Å². The van der Waals surface area contributed by atoms with Gasteiger partial charge in [-0.3, -0.25) is 14.3 Å². The van der Waals surface area contributed by atoms with Crippen LogP contribution in [0.1, 0.15) is 44.1 Å². The van der Waals surface area contributed by atoms with Crippen LogP contribution in [0.15, 0.2) is 18.5 Å². The number of aromatic nitrogens is 2. The fourth-order valence-electron chi connectivity index (χ4n) is 3.70. The highest BCUT2D eigenvalue weighted by molar-refractivity contribution is 5.91. The predicted molar refractivity (Wildman–Crippen MR) is 103 cm³/mol. The molecule has 0 radical (unpaired) electrons. The van der Waals surface area contributed by atoms with Crippen molar-refractivity contribution >= 4 is 17.9 Å². The molecule has 7 heteroatoms. The number of piperidine rings is 1. The highest BCUT2D eigenvalue weighted by Gasteiger charge is 2.22. The molecule has 0 unspecified atom stereocenters. The standard InChI is InChI=1S/C20H30N4O3/c1-23-15-17(13-22-23)5-7-20(26)24-10-8-16(9-11-24)4-6-19(25)21-14-18-3-2-12-27-18/h5,7,13,15-16,18H,2-4,6,8-12,14H2,1H3,(H,21,25)/b7-5+/t18-/m0/s1. The third-order valence-corrected chi connectivity index (χ3v) is 5.40. The van der Waals surface area contributed by atoms with Crippen molar-refractivity contribution in [1.29, 1.82) is 0 Å². The van der Waals surface area contributed by atoms with Gasteiger partial charge in [0.1, 0.15) is 0 Å². The number of aryl methyl sites for hydroxylation is 1. The Hall–Kier alpha value is -2.15. The highest BCUT2D eigenvalue weighted by atomic mass is 16.5. The van der Waals surface area contributed by atoms with Gasteiger partial charge in [-0.15, -0.1) is 0 Å². The van der Waals surface area contributed by atoms with E-state index in [0.29, 0.717) is 18.9 Å². The minimum Gasteiger partial charge on any atom is -0.376 e. The van der Waals surface area contributed by atoms with Crippen LogP contribution in [-0.4, -0.2) is 58.8 Å². The molecule has 2 aliphatic rings. The Morgan fingerprint density at radius 1 is 1.33 bits per heavy atom. The van der Waals surface area contributed by atoms with Crippen LogP contribution in [0.25, 0.3) is 6.08 Å².